The fourth-order valence-electron chi connectivity index (χ4n) is 1.41. The molecule has 0 radical (unpaired) electrons. The molecule has 0 unspecified atom stereocenters. The summed E-state index contributed by atoms with van der Waals surface area (Å²) in [6, 6.07) is 8.74. The van der Waals surface area contributed by atoms with Gasteiger partial charge in [0.25, 0.3) is 0 Å². The molecule has 0 aliphatic heterocycles. The van der Waals surface area contributed by atoms with E-state index >= 15 is 0 Å². The molecule has 0 saturated carbocycles. The van der Waals surface area contributed by atoms with E-state index in [-0.39, 0.29) is 5.82 Å². The highest BCUT2D eigenvalue weighted by Gasteiger charge is 2.05. The van der Waals surface area contributed by atoms with Crippen molar-refractivity contribution in [1.82, 2.24) is 0 Å². The first kappa shape index (κ1) is 13.7. The molecule has 0 bridgehead atoms. The van der Waals surface area contributed by atoms with Gasteiger partial charge in [0.2, 0.25) is 0 Å². The van der Waals surface area contributed by atoms with E-state index < -0.39 is 5.82 Å². The van der Waals surface area contributed by atoms with Crippen LogP contribution in [0.25, 0.3) is 0 Å². The highest BCUT2D eigenvalue weighted by Crippen LogP contribution is 2.28. The quantitative estimate of drug-likeness (QED) is 0.669. The third-order valence-corrected chi connectivity index (χ3v) is 3.72. The van der Waals surface area contributed by atoms with Gasteiger partial charge in [0, 0.05) is 20.7 Å². The second-order valence-electron chi connectivity index (χ2n) is 3.63. The lowest BCUT2D eigenvalue weighted by molar-refractivity contribution is 0.617. The Morgan fingerprint density at radius 1 is 0.944 bits per heavy atom. The normalized spacial score (nSPS) is 10.7. The topological polar surface area (TPSA) is 0 Å². The number of hydrogen-bond donors (Lipinski definition) is 0. The van der Waals surface area contributed by atoms with E-state index in [0.29, 0.717) is 26.3 Å². The van der Waals surface area contributed by atoms with E-state index in [2.05, 4.69) is 0 Å². The second kappa shape index (κ2) is 5.91. The zero-order valence-electron chi connectivity index (χ0n) is 9.09. The van der Waals surface area contributed by atoms with E-state index in [4.69, 9.17) is 23.2 Å². The lowest BCUT2D eigenvalue weighted by atomic mass is 10.2. The molecule has 0 fully saturated rings. The van der Waals surface area contributed by atoms with Gasteiger partial charge in [-0.25, -0.2) is 8.78 Å². The van der Waals surface area contributed by atoms with Crippen molar-refractivity contribution in [2.24, 2.45) is 0 Å². The molecule has 0 N–H and O–H groups in total. The summed E-state index contributed by atoms with van der Waals surface area (Å²) in [6.45, 7) is 0. The Balaban J connectivity index is 2.11. The molecule has 5 heteroatoms. The van der Waals surface area contributed by atoms with Crippen LogP contribution in [0.1, 0.15) is 5.56 Å². The average molecular weight is 305 g/mol. The maximum absolute atomic E-state index is 13.5. The van der Waals surface area contributed by atoms with Crippen LogP contribution >= 0.6 is 35.0 Å². The van der Waals surface area contributed by atoms with Crippen molar-refractivity contribution < 1.29 is 8.78 Å². The molecule has 0 heterocycles. The molecular formula is C13H8Cl2F2S. The van der Waals surface area contributed by atoms with Crippen molar-refractivity contribution in [2.45, 2.75) is 10.6 Å². The monoisotopic (exact) mass is 304 g/mol. The third-order valence-electron chi connectivity index (χ3n) is 2.25. The molecule has 0 aliphatic carbocycles. The van der Waals surface area contributed by atoms with Gasteiger partial charge >= 0.3 is 0 Å². The summed E-state index contributed by atoms with van der Waals surface area (Å²) in [5, 5.41) is 0.684. The average Bonchev–Trinajstić information content (AvgIpc) is 2.26. The number of benzene rings is 2. The Kier molecular flexibility index (Phi) is 4.49. The van der Waals surface area contributed by atoms with Gasteiger partial charge in [-0.15, -0.1) is 11.8 Å². The van der Waals surface area contributed by atoms with Crippen molar-refractivity contribution in [1.29, 1.82) is 0 Å². The van der Waals surface area contributed by atoms with Gasteiger partial charge in [0.05, 0.1) is 0 Å². The zero-order chi connectivity index (χ0) is 13.1. The first-order valence-corrected chi connectivity index (χ1v) is 6.81. The minimum atomic E-state index is -0.401. The lowest BCUT2D eigenvalue weighted by Gasteiger charge is -2.05. The summed E-state index contributed by atoms with van der Waals surface area (Å²) >= 11 is 12.7. The van der Waals surface area contributed by atoms with Crippen LogP contribution in [0.2, 0.25) is 10.0 Å². The Morgan fingerprint density at radius 3 is 2.39 bits per heavy atom. The highest BCUT2D eigenvalue weighted by atomic mass is 35.5. The third kappa shape index (κ3) is 3.61. The maximum Gasteiger partial charge on any atom is 0.128 e. The standard InChI is InChI=1S/C13H8Cl2F2S/c14-9-2-1-8(13(17)5-9)7-18-12-4-10(15)3-11(16)6-12/h1-6H,7H2. The molecular weight excluding hydrogens is 297 g/mol. The summed E-state index contributed by atoms with van der Waals surface area (Å²) in [6.07, 6.45) is 0. The second-order valence-corrected chi connectivity index (χ2v) is 5.55. The zero-order valence-corrected chi connectivity index (χ0v) is 11.4. The summed E-state index contributed by atoms with van der Waals surface area (Å²) in [5.74, 6) is -0.373. The van der Waals surface area contributed by atoms with E-state index in [1.54, 1.807) is 18.2 Å². The smallest absolute Gasteiger partial charge is 0.128 e. The van der Waals surface area contributed by atoms with Gasteiger partial charge in [0.15, 0.2) is 0 Å². The molecule has 0 saturated heterocycles. The van der Waals surface area contributed by atoms with Crippen molar-refractivity contribution >= 4 is 35.0 Å². The minimum Gasteiger partial charge on any atom is -0.207 e. The first-order valence-electron chi connectivity index (χ1n) is 5.07. The van der Waals surface area contributed by atoms with Gasteiger partial charge in [-0.05, 0) is 35.9 Å². The highest BCUT2D eigenvalue weighted by molar-refractivity contribution is 7.98. The minimum absolute atomic E-state index is 0.328. The van der Waals surface area contributed by atoms with Crippen LogP contribution in [0.15, 0.2) is 41.3 Å². The molecule has 0 amide bonds. The Labute approximate surface area is 118 Å². The predicted octanol–water partition coefficient (Wildman–Crippen LogP) is 5.56. The van der Waals surface area contributed by atoms with Crippen molar-refractivity contribution in [2.75, 3.05) is 0 Å². The molecule has 0 aromatic heterocycles. The van der Waals surface area contributed by atoms with Gasteiger partial charge in [-0.3, -0.25) is 0 Å². The van der Waals surface area contributed by atoms with Crippen LogP contribution < -0.4 is 0 Å². The molecule has 0 nitrogen and oxygen atoms in total. The van der Waals surface area contributed by atoms with Gasteiger partial charge in [0.1, 0.15) is 11.6 Å². The molecule has 18 heavy (non-hydrogen) atoms. The van der Waals surface area contributed by atoms with Crippen molar-refractivity contribution in [3.8, 4) is 0 Å². The van der Waals surface area contributed by atoms with Crippen LogP contribution in [-0.4, -0.2) is 0 Å². The molecule has 0 atom stereocenters. The van der Waals surface area contributed by atoms with Crippen LogP contribution in [0, 0.1) is 11.6 Å². The summed E-state index contributed by atoms with van der Waals surface area (Å²) in [7, 11) is 0. The van der Waals surface area contributed by atoms with Gasteiger partial charge < -0.3 is 0 Å². The molecule has 0 aliphatic rings. The maximum atomic E-state index is 13.5. The molecule has 2 aromatic carbocycles. The van der Waals surface area contributed by atoms with E-state index in [1.165, 1.54) is 30.0 Å². The summed E-state index contributed by atoms with van der Waals surface area (Å²) < 4.78 is 26.6. The Bertz CT molecular complexity index is 553. The molecule has 0 spiro atoms. The Morgan fingerprint density at radius 2 is 1.72 bits per heavy atom. The number of halogens is 4. The van der Waals surface area contributed by atoms with Crippen LogP contribution in [0.5, 0.6) is 0 Å². The fourth-order valence-corrected chi connectivity index (χ4v) is 2.82. The van der Waals surface area contributed by atoms with E-state index in [1.807, 2.05) is 0 Å². The predicted molar refractivity (Wildman–Crippen MR) is 72.4 cm³/mol. The van der Waals surface area contributed by atoms with Crippen LogP contribution in [0.4, 0.5) is 8.78 Å². The van der Waals surface area contributed by atoms with Crippen molar-refractivity contribution in [3.63, 3.8) is 0 Å². The number of hydrogen-bond acceptors (Lipinski definition) is 1. The molecule has 94 valence electrons. The molecule has 2 rings (SSSR count). The van der Waals surface area contributed by atoms with Gasteiger partial charge in [-0.2, -0.15) is 0 Å². The van der Waals surface area contributed by atoms with E-state index in [0.717, 1.165) is 0 Å². The van der Waals surface area contributed by atoms with E-state index in [9.17, 15) is 8.78 Å². The van der Waals surface area contributed by atoms with Crippen molar-refractivity contribution in [3.05, 3.63) is 63.6 Å². The number of rotatable bonds is 3. The lowest BCUT2D eigenvalue weighted by Crippen LogP contribution is -1.87. The molecule has 2 aromatic rings. The number of thioether (sulfide) groups is 1. The largest absolute Gasteiger partial charge is 0.207 e. The van der Waals surface area contributed by atoms with Gasteiger partial charge in [-0.1, -0.05) is 29.3 Å². The first-order chi connectivity index (χ1) is 8.54. The summed E-state index contributed by atoms with van der Waals surface area (Å²) in [4.78, 5) is 0.661. The Hall–Kier alpha value is -0.770. The van der Waals surface area contributed by atoms with Crippen LogP contribution in [0.3, 0.4) is 0 Å². The fraction of sp³-hybridized carbons (Fsp3) is 0.0769. The van der Waals surface area contributed by atoms with Crippen LogP contribution in [-0.2, 0) is 5.75 Å². The summed E-state index contributed by atoms with van der Waals surface area (Å²) in [5.41, 5.74) is 0.518. The SMILES string of the molecule is Fc1cc(Cl)cc(SCc2ccc(Cl)cc2F)c1.